The first-order valence-corrected chi connectivity index (χ1v) is 25.1. The van der Waals surface area contributed by atoms with Gasteiger partial charge in [-0.1, -0.05) is 41.5 Å². The second kappa shape index (κ2) is 36.1. The lowest BCUT2D eigenvalue weighted by atomic mass is 9.99. The van der Waals surface area contributed by atoms with E-state index in [1.165, 1.54) is 6.92 Å². The Kier molecular flexibility index (Phi) is 32.8. The van der Waals surface area contributed by atoms with Crippen LogP contribution in [-0.4, -0.2) is 167 Å². The zero-order valence-corrected chi connectivity index (χ0v) is 44.3. The van der Waals surface area contributed by atoms with Gasteiger partial charge in [0.05, 0.1) is 12.6 Å². The van der Waals surface area contributed by atoms with Crippen LogP contribution >= 0.6 is 0 Å². The largest absolute Gasteiger partial charge is 0.481 e. The fourth-order valence-corrected chi connectivity index (χ4v) is 7.13. The van der Waals surface area contributed by atoms with E-state index in [1.54, 1.807) is 41.5 Å². The third-order valence-electron chi connectivity index (χ3n) is 11.2. The summed E-state index contributed by atoms with van der Waals surface area (Å²) in [6.07, 6.45) is -1.63. The highest BCUT2D eigenvalue weighted by atomic mass is 16.4. The number of amides is 8. The summed E-state index contributed by atoms with van der Waals surface area (Å²) in [5.74, 6) is -10.9. The van der Waals surface area contributed by atoms with E-state index in [9.17, 15) is 63.3 Å². The van der Waals surface area contributed by atoms with Gasteiger partial charge in [0.2, 0.25) is 47.3 Å². The van der Waals surface area contributed by atoms with Crippen molar-refractivity contribution in [2.24, 2.45) is 62.1 Å². The van der Waals surface area contributed by atoms with Crippen LogP contribution in [0.3, 0.4) is 0 Å². The van der Waals surface area contributed by atoms with Crippen LogP contribution in [0.25, 0.3) is 0 Å². The number of carbonyl (C=O) groups excluding carboxylic acids is 8. The number of hydrogen-bond acceptors (Lipinski definition) is 15. The number of unbranched alkanes of at least 4 members (excludes halogenated alkanes) is 1. The molecule has 0 aromatic rings. The molecule has 0 aliphatic heterocycles. The summed E-state index contributed by atoms with van der Waals surface area (Å²) < 4.78 is 0. The van der Waals surface area contributed by atoms with Gasteiger partial charge in [0, 0.05) is 19.5 Å². The normalized spacial score (nSPS) is 14.7. The molecule has 29 nitrogen and oxygen atoms in total. The molecule has 0 bridgehead atoms. The number of carboxylic acids is 2. The summed E-state index contributed by atoms with van der Waals surface area (Å²) in [5, 5.41) is 49.0. The molecular weight excluding hydrogens is 985 g/mol. The molecule has 428 valence electrons. The van der Waals surface area contributed by atoms with Crippen LogP contribution in [0.15, 0.2) is 9.98 Å². The van der Waals surface area contributed by atoms with E-state index in [0.29, 0.717) is 6.42 Å². The maximum absolute atomic E-state index is 14.3. The molecule has 23 N–H and O–H groups in total. The van der Waals surface area contributed by atoms with Crippen molar-refractivity contribution in [3.8, 4) is 0 Å². The summed E-state index contributed by atoms with van der Waals surface area (Å²) in [6.45, 7) is 11.1. The molecule has 29 heteroatoms. The van der Waals surface area contributed by atoms with E-state index < -0.39 is 139 Å². The Morgan fingerprint density at radius 1 is 0.493 bits per heavy atom. The van der Waals surface area contributed by atoms with Crippen LogP contribution in [-0.2, 0) is 47.9 Å². The molecule has 0 aromatic heterocycles. The molecule has 8 amide bonds. The van der Waals surface area contributed by atoms with Crippen molar-refractivity contribution in [1.82, 2.24) is 42.5 Å². The van der Waals surface area contributed by atoms with E-state index in [4.69, 9.17) is 34.4 Å². The number of carboxylic acid groups (broad SMARTS) is 2. The lowest BCUT2D eigenvalue weighted by molar-refractivity contribution is -0.143. The summed E-state index contributed by atoms with van der Waals surface area (Å²) >= 11 is 0. The van der Waals surface area contributed by atoms with Gasteiger partial charge in [-0.25, -0.2) is 4.79 Å². The first-order chi connectivity index (χ1) is 35.0. The van der Waals surface area contributed by atoms with Crippen molar-refractivity contribution in [2.45, 2.75) is 174 Å². The van der Waals surface area contributed by atoms with Gasteiger partial charge < -0.3 is 92.3 Å². The predicted octanol–water partition coefficient (Wildman–Crippen LogP) is -4.86. The molecule has 75 heavy (non-hydrogen) atoms. The van der Waals surface area contributed by atoms with E-state index in [0.717, 1.165) is 0 Å². The molecule has 0 heterocycles. The first-order valence-electron chi connectivity index (χ1n) is 25.1. The van der Waals surface area contributed by atoms with Crippen LogP contribution in [0.1, 0.15) is 119 Å². The highest BCUT2D eigenvalue weighted by Crippen LogP contribution is 2.13. The number of nitrogens with one attached hydrogen (secondary N) is 8. The zero-order valence-electron chi connectivity index (χ0n) is 44.3. The van der Waals surface area contributed by atoms with Crippen molar-refractivity contribution in [3.63, 3.8) is 0 Å². The number of rotatable bonds is 38. The number of hydrogen-bond donors (Lipinski definition) is 17. The van der Waals surface area contributed by atoms with Crippen molar-refractivity contribution >= 4 is 71.1 Å². The lowest BCUT2D eigenvalue weighted by Crippen LogP contribution is -2.60. The van der Waals surface area contributed by atoms with Crippen LogP contribution in [0.4, 0.5) is 0 Å². The molecule has 0 saturated heterocycles. The molecule has 0 aromatic carbocycles. The smallest absolute Gasteiger partial charge is 0.326 e. The number of aliphatic carboxylic acids is 2. The second-order valence-corrected chi connectivity index (χ2v) is 19.4. The Bertz CT molecular complexity index is 1940. The molecule has 0 radical (unpaired) electrons. The van der Waals surface area contributed by atoms with Crippen LogP contribution in [0, 0.1) is 17.8 Å². The van der Waals surface area contributed by atoms with Gasteiger partial charge in [-0.15, -0.1) is 0 Å². The maximum Gasteiger partial charge on any atom is 0.326 e. The van der Waals surface area contributed by atoms with Crippen LogP contribution in [0.5, 0.6) is 0 Å². The van der Waals surface area contributed by atoms with Crippen molar-refractivity contribution in [2.75, 3.05) is 26.2 Å². The van der Waals surface area contributed by atoms with Crippen LogP contribution < -0.4 is 76.9 Å². The number of aliphatic hydroxyl groups excluding tert-OH is 1. The average Bonchev–Trinajstić information content (AvgIpc) is 3.30. The fraction of sp³-hybridized carbons (Fsp3) is 0.739. The number of aliphatic hydroxyl groups is 1. The van der Waals surface area contributed by atoms with Gasteiger partial charge >= 0.3 is 11.9 Å². The number of carbonyl (C=O) groups is 10. The van der Waals surface area contributed by atoms with Crippen LogP contribution in [0.2, 0.25) is 0 Å². The molecule has 0 unspecified atom stereocenters. The van der Waals surface area contributed by atoms with Gasteiger partial charge in [0.1, 0.15) is 48.3 Å². The second-order valence-electron chi connectivity index (χ2n) is 19.4. The Morgan fingerprint density at radius 3 is 1.23 bits per heavy atom. The van der Waals surface area contributed by atoms with Gasteiger partial charge in [-0.3, -0.25) is 53.1 Å². The summed E-state index contributed by atoms with van der Waals surface area (Å²) in [6, 6.07) is -10.9. The average molecular weight is 1070 g/mol. The van der Waals surface area contributed by atoms with Crippen molar-refractivity contribution < 1.29 is 63.3 Å². The van der Waals surface area contributed by atoms with Crippen molar-refractivity contribution in [3.05, 3.63) is 0 Å². The van der Waals surface area contributed by atoms with Gasteiger partial charge in [0.25, 0.3) is 0 Å². The SMILES string of the molecule is CC(C)C[C@H](NC(=O)[C@H](CC(C)C)NC(=O)[C@@H](N)[C@@H](C)O)C(=O)N[C@@H](CCCN=C(N)N)C(=O)N[C@@H](CCCCN)C(=O)N[C@@H](CCC(=O)O)C(=O)N[C@@H](CCCN=C(N)N)C(=O)NCC(=O)N[C@H](C(=O)O)C(C)C. The number of aliphatic imine (C=N–C) groups is 2. The Labute approximate surface area is 437 Å². The number of guanidine groups is 2. The number of nitrogens with zero attached hydrogens (tertiary/aromatic N) is 2. The molecule has 0 aliphatic carbocycles. The molecule has 9 atom stereocenters. The minimum atomic E-state index is -1.64. The summed E-state index contributed by atoms with van der Waals surface area (Å²) in [7, 11) is 0. The lowest BCUT2D eigenvalue weighted by Gasteiger charge is -2.28. The standard InChI is InChI=1S/C46H86N16O13/c1-23(2)20-31(60-42(72)32(21-24(3)4)61-43(73)35(48)26(7)63)41(71)58-29(14-11-19-54-46(51)52)39(69)57-28(12-8-9-17-47)38(68)59-30(15-16-34(65)66)40(70)56-27(13-10-18-53-45(49)50)37(67)55-22-33(64)62-36(25(5)6)44(74)75/h23-32,35-36,63H,8-22,47-48H2,1-7H3,(H,55,67)(H,56,70)(H,57,69)(H,58,71)(H,59,68)(H,60,72)(H,61,73)(H,62,64)(H,65,66)(H,74,75)(H4,49,50,53)(H4,51,52,54)/t26-,27+,28+,29+,30+,31+,32+,35+,36+/m1/s1. The summed E-state index contributed by atoms with van der Waals surface area (Å²) in [5.41, 5.74) is 33.4. The van der Waals surface area contributed by atoms with E-state index in [1.807, 2.05) is 0 Å². The number of nitrogens with two attached hydrogens (primary N) is 6. The zero-order chi connectivity index (χ0) is 57.5. The predicted molar refractivity (Wildman–Crippen MR) is 277 cm³/mol. The highest BCUT2D eigenvalue weighted by Gasteiger charge is 2.35. The third kappa shape index (κ3) is 29.6. The van der Waals surface area contributed by atoms with Gasteiger partial charge in [-0.2, -0.15) is 0 Å². The summed E-state index contributed by atoms with van der Waals surface area (Å²) in [4.78, 5) is 140. The molecular formula is C46H86N16O13. The third-order valence-corrected chi connectivity index (χ3v) is 11.2. The molecule has 0 fully saturated rings. The molecule has 0 aliphatic rings. The van der Waals surface area contributed by atoms with Crippen molar-refractivity contribution in [1.29, 1.82) is 0 Å². The van der Waals surface area contributed by atoms with E-state index in [2.05, 4.69) is 52.5 Å². The quantitative estimate of drug-likeness (QED) is 0.0157. The molecule has 0 spiro atoms. The highest BCUT2D eigenvalue weighted by molar-refractivity contribution is 5.98. The van der Waals surface area contributed by atoms with Gasteiger partial charge in [0.15, 0.2) is 11.9 Å². The Morgan fingerprint density at radius 2 is 0.867 bits per heavy atom. The minimum Gasteiger partial charge on any atom is -0.481 e. The monoisotopic (exact) mass is 1070 g/mol. The first kappa shape index (κ1) is 68.1. The topological polar surface area (TPSA) is 508 Å². The fourth-order valence-electron chi connectivity index (χ4n) is 7.13. The maximum atomic E-state index is 14.3. The molecule has 0 rings (SSSR count). The molecule has 0 saturated carbocycles. The Hall–Kier alpha value is -6.88. The minimum absolute atomic E-state index is 0.00280. The van der Waals surface area contributed by atoms with E-state index >= 15 is 0 Å². The van der Waals surface area contributed by atoms with E-state index in [-0.39, 0.29) is 94.8 Å². The van der Waals surface area contributed by atoms with Gasteiger partial charge in [-0.05, 0) is 95.4 Å². The Balaban J connectivity index is 6.91.